The molecule has 3 rings (SSSR count). The third-order valence-corrected chi connectivity index (χ3v) is 3.55. The van der Waals surface area contributed by atoms with Gasteiger partial charge in [-0.15, -0.1) is 0 Å². The van der Waals surface area contributed by atoms with Gasteiger partial charge in [0.2, 0.25) is 0 Å². The first-order valence-electron chi connectivity index (χ1n) is 6.66. The summed E-state index contributed by atoms with van der Waals surface area (Å²) in [6, 6.07) is 1.88. The maximum Gasteiger partial charge on any atom is 0.260 e. The SMILES string of the molecule is Cn1ccc(-c2[nH]ncc2CN2CCCC(F)(F)C2)n1. The summed E-state index contributed by atoms with van der Waals surface area (Å²) in [6.45, 7) is 0.986. The molecule has 0 atom stereocenters. The number of rotatable bonds is 3. The first-order chi connectivity index (χ1) is 9.53. The molecular weight excluding hydrogens is 264 g/mol. The van der Waals surface area contributed by atoms with E-state index in [4.69, 9.17) is 0 Å². The Kier molecular flexibility index (Phi) is 3.29. The van der Waals surface area contributed by atoms with Crippen molar-refractivity contribution in [3.63, 3.8) is 0 Å². The first-order valence-corrected chi connectivity index (χ1v) is 6.66. The Hall–Kier alpha value is -1.76. The number of aromatic nitrogens is 4. The van der Waals surface area contributed by atoms with Crippen LogP contribution in [0, 0.1) is 0 Å². The minimum atomic E-state index is -2.58. The van der Waals surface area contributed by atoms with Gasteiger partial charge in [-0.2, -0.15) is 10.2 Å². The molecule has 1 aliphatic rings. The molecule has 1 N–H and O–H groups in total. The largest absolute Gasteiger partial charge is 0.293 e. The van der Waals surface area contributed by atoms with Crippen LogP contribution in [0.1, 0.15) is 18.4 Å². The minimum absolute atomic E-state index is 0.0119. The highest BCUT2D eigenvalue weighted by molar-refractivity contribution is 5.57. The predicted molar refractivity (Wildman–Crippen MR) is 70.2 cm³/mol. The van der Waals surface area contributed by atoms with Crippen LogP contribution in [0.5, 0.6) is 0 Å². The molecule has 1 aliphatic heterocycles. The fraction of sp³-hybridized carbons (Fsp3) is 0.538. The van der Waals surface area contributed by atoms with Crippen LogP contribution in [-0.4, -0.2) is 43.9 Å². The van der Waals surface area contributed by atoms with Crippen molar-refractivity contribution in [3.05, 3.63) is 24.0 Å². The van der Waals surface area contributed by atoms with Gasteiger partial charge in [-0.3, -0.25) is 14.7 Å². The molecule has 108 valence electrons. The van der Waals surface area contributed by atoms with E-state index in [2.05, 4.69) is 15.3 Å². The van der Waals surface area contributed by atoms with Gasteiger partial charge < -0.3 is 0 Å². The lowest BCUT2D eigenvalue weighted by Crippen LogP contribution is -2.42. The second kappa shape index (κ2) is 4.97. The summed E-state index contributed by atoms with van der Waals surface area (Å²) in [6.07, 6.45) is 4.05. The van der Waals surface area contributed by atoms with E-state index in [0.717, 1.165) is 17.0 Å². The number of halogens is 2. The second-order valence-corrected chi connectivity index (χ2v) is 5.32. The van der Waals surface area contributed by atoms with Gasteiger partial charge in [0.15, 0.2) is 0 Å². The third-order valence-electron chi connectivity index (χ3n) is 3.55. The summed E-state index contributed by atoms with van der Waals surface area (Å²) in [7, 11) is 1.84. The average Bonchev–Trinajstić information content (AvgIpc) is 2.96. The van der Waals surface area contributed by atoms with E-state index >= 15 is 0 Å². The summed E-state index contributed by atoms with van der Waals surface area (Å²) in [4.78, 5) is 1.78. The molecule has 3 heterocycles. The number of likely N-dealkylation sites (tertiary alicyclic amines) is 1. The molecule has 0 saturated carbocycles. The standard InChI is InChI=1S/C13H17F2N5/c1-19-6-3-11(18-19)12-10(7-16-17-12)8-20-5-2-4-13(14,15)9-20/h3,6-7H,2,4-5,8-9H2,1H3,(H,16,17). The smallest absolute Gasteiger partial charge is 0.260 e. The number of nitrogens with zero attached hydrogens (tertiary/aromatic N) is 4. The van der Waals surface area contributed by atoms with Crippen molar-refractivity contribution in [2.24, 2.45) is 7.05 Å². The molecule has 2 aromatic rings. The first kappa shape index (κ1) is 13.2. The summed E-state index contributed by atoms with van der Waals surface area (Å²) in [5.41, 5.74) is 2.49. The normalized spacial score (nSPS) is 19.4. The molecule has 0 aliphatic carbocycles. The van der Waals surface area contributed by atoms with Crippen LogP contribution in [0.15, 0.2) is 18.5 Å². The molecule has 20 heavy (non-hydrogen) atoms. The Bertz CT molecular complexity index is 589. The lowest BCUT2D eigenvalue weighted by atomic mass is 10.1. The Balaban J connectivity index is 1.77. The lowest BCUT2D eigenvalue weighted by molar-refractivity contribution is -0.0660. The molecule has 7 heteroatoms. The van der Waals surface area contributed by atoms with Crippen LogP contribution in [0.2, 0.25) is 0 Å². The third kappa shape index (κ3) is 2.72. The number of hydrogen-bond donors (Lipinski definition) is 1. The van der Waals surface area contributed by atoms with Crippen LogP contribution >= 0.6 is 0 Å². The highest BCUT2D eigenvalue weighted by Crippen LogP contribution is 2.28. The van der Waals surface area contributed by atoms with E-state index in [1.165, 1.54) is 0 Å². The molecule has 0 aromatic carbocycles. The number of hydrogen-bond acceptors (Lipinski definition) is 3. The molecule has 5 nitrogen and oxygen atoms in total. The number of nitrogens with one attached hydrogen (secondary N) is 1. The highest BCUT2D eigenvalue weighted by atomic mass is 19.3. The van der Waals surface area contributed by atoms with Crippen LogP contribution in [-0.2, 0) is 13.6 Å². The molecule has 0 spiro atoms. The van der Waals surface area contributed by atoms with Crippen molar-refractivity contribution in [1.29, 1.82) is 0 Å². The minimum Gasteiger partial charge on any atom is -0.293 e. The van der Waals surface area contributed by atoms with E-state index in [1.807, 2.05) is 19.3 Å². The Morgan fingerprint density at radius 2 is 2.30 bits per heavy atom. The van der Waals surface area contributed by atoms with Gasteiger partial charge in [0.1, 0.15) is 5.69 Å². The van der Waals surface area contributed by atoms with Crippen LogP contribution in [0.3, 0.4) is 0 Å². The monoisotopic (exact) mass is 281 g/mol. The number of piperidine rings is 1. The van der Waals surface area contributed by atoms with Gasteiger partial charge in [-0.1, -0.05) is 0 Å². The fourth-order valence-electron chi connectivity index (χ4n) is 2.62. The fourth-order valence-corrected chi connectivity index (χ4v) is 2.62. The second-order valence-electron chi connectivity index (χ2n) is 5.32. The zero-order valence-electron chi connectivity index (χ0n) is 11.3. The predicted octanol–water partition coefficient (Wildman–Crippen LogP) is 2.04. The van der Waals surface area contributed by atoms with E-state index in [1.54, 1.807) is 15.8 Å². The number of H-pyrrole nitrogens is 1. The lowest BCUT2D eigenvalue weighted by Gasteiger charge is -2.32. The number of aryl methyl sites for hydroxylation is 1. The molecule has 0 radical (unpaired) electrons. The van der Waals surface area contributed by atoms with Crippen LogP contribution < -0.4 is 0 Å². The quantitative estimate of drug-likeness (QED) is 0.936. The highest BCUT2D eigenvalue weighted by Gasteiger charge is 2.35. The van der Waals surface area contributed by atoms with E-state index in [9.17, 15) is 8.78 Å². The van der Waals surface area contributed by atoms with Crippen molar-refractivity contribution in [2.45, 2.75) is 25.3 Å². The van der Waals surface area contributed by atoms with E-state index < -0.39 is 5.92 Å². The topological polar surface area (TPSA) is 49.7 Å². The van der Waals surface area contributed by atoms with Crippen LogP contribution in [0.25, 0.3) is 11.4 Å². The van der Waals surface area contributed by atoms with Gasteiger partial charge in [0.25, 0.3) is 5.92 Å². The van der Waals surface area contributed by atoms with Crippen molar-refractivity contribution in [1.82, 2.24) is 24.9 Å². The molecule has 1 saturated heterocycles. The van der Waals surface area contributed by atoms with Gasteiger partial charge in [-0.25, -0.2) is 8.78 Å². The average molecular weight is 281 g/mol. The summed E-state index contributed by atoms with van der Waals surface area (Å²) < 4.78 is 28.6. The maximum absolute atomic E-state index is 13.4. The maximum atomic E-state index is 13.4. The van der Waals surface area contributed by atoms with Crippen molar-refractivity contribution >= 4 is 0 Å². The van der Waals surface area contributed by atoms with Gasteiger partial charge in [0.05, 0.1) is 18.4 Å². The molecule has 0 unspecified atom stereocenters. The molecular formula is C13H17F2N5. The Morgan fingerprint density at radius 3 is 3.00 bits per heavy atom. The Labute approximate surface area is 115 Å². The zero-order valence-corrected chi connectivity index (χ0v) is 11.3. The van der Waals surface area contributed by atoms with Gasteiger partial charge in [0, 0.05) is 31.8 Å². The van der Waals surface area contributed by atoms with Crippen molar-refractivity contribution in [3.8, 4) is 11.4 Å². The molecule has 2 aromatic heterocycles. The van der Waals surface area contributed by atoms with E-state index in [0.29, 0.717) is 19.5 Å². The van der Waals surface area contributed by atoms with Crippen molar-refractivity contribution < 1.29 is 8.78 Å². The van der Waals surface area contributed by atoms with Crippen molar-refractivity contribution in [2.75, 3.05) is 13.1 Å². The van der Waals surface area contributed by atoms with E-state index in [-0.39, 0.29) is 13.0 Å². The zero-order chi connectivity index (χ0) is 14.2. The summed E-state index contributed by atoms with van der Waals surface area (Å²) >= 11 is 0. The number of aromatic amines is 1. The Morgan fingerprint density at radius 1 is 1.45 bits per heavy atom. The van der Waals surface area contributed by atoms with Gasteiger partial charge in [-0.05, 0) is 19.0 Å². The summed E-state index contributed by atoms with van der Waals surface area (Å²) in [5.74, 6) is -2.58. The van der Waals surface area contributed by atoms with Gasteiger partial charge >= 0.3 is 0 Å². The number of alkyl halides is 2. The summed E-state index contributed by atoms with van der Waals surface area (Å²) in [5, 5.41) is 11.2. The molecule has 0 bridgehead atoms. The molecule has 1 fully saturated rings. The van der Waals surface area contributed by atoms with Crippen LogP contribution in [0.4, 0.5) is 8.78 Å². The molecule has 0 amide bonds.